The number of benzene rings is 1. The Hall–Kier alpha value is -3.09. The Morgan fingerprint density at radius 2 is 2.03 bits per heavy atom. The summed E-state index contributed by atoms with van der Waals surface area (Å²) in [6, 6.07) is 4.77. The van der Waals surface area contributed by atoms with Crippen LogP contribution < -0.4 is 0 Å². The van der Waals surface area contributed by atoms with Crippen molar-refractivity contribution in [3.8, 4) is 5.75 Å². The molecule has 0 aliphatic carbocycles. The van der Waals surface area contributed by atoms with Crippen LogP contribution in [-0.2, 0) is 20.8 Å². The van der Waals surface area contributed by atoms with Gasteiger partial charge in [0.15, 0.2) is 6.61 Å². The number of hydrogen-bond donors (Lipinski definition) is 1. The van der Waals surface area contributed by atoms with Gasteiger partial charge in [0.1, 0.15) is 5.75 Å². The normalized spacial score (nSPS) is 23.5. The van der Waals surface area contributed by atoms with Crippen molar-refractivity contribution in [3.63, 3.8) is 0 Å². The van der Waals surface area contributed by atoms with Gasteiger partial charge in [-0.1, -0.05) is 23.4 Å². The molecule has 2 heterocycles. The average molecular weight is 441 g/mol. The number of phenols is 1. The fourth-order valence-corrected chi connectivity index (χ4v) is 3.91. The number of amides is 1. The van der Waals surface area contributed by atoms with Crippen LogP contribution in [0, 0.1) is 0 Å². The topological polar surface area (TPSA) is 88.4 Å². The van der Waals surface area contributed by atoms with E-state index >= 15 is 0 Å². The molecule has 32 heavy (non-hydrogen) atoms. The smallest absolute Gasteiger partial charge is 0.338 e. The van der Waals surface area contributed by atoms with Gasteiger partial charge in [-0.3, -0.25) is 4.79 Å². The number of aromatic hydroxyl groups is 1. The van der Waals surface area contributed by atoms with E-state index in [0.717, 1.165) is 38.6 Å². The Morgan fingerprint density at radius 1 is 1.22 bits per heavy atom. The summed E-state index contributed by atoms with van der Waals surface area (Å²) in [5.74, 6) is -0.457. The Labute approximate surface area is 189 Å². The summed E-state index contributed by atoms with van der Waals surface area (Å²) in [5, 5.41) is 14.1. The summed E-state index contributed by atoms with van der Waals surface area (Å²) < 4.78 is 5.37. The van der Waals surface area contributed by atoms with E-state index in [0.29, 0.717) is 29.9 Å². The molecule has 3 rings (SSSR count). The second kappa shape index (κ2) is 12.1. The van der Waals surface area contributed by atoms with E-state index in [2.05, 4.69) is 18.2 Å². The molecule has 0 aromatic heterocycles. The van der Waals surface area contributed by atoms with Crippen LogP contribution in [0.4, 0.5) is 0 Å². The predicted octanol–water partition coefficient (Wildman–Crippen LogP) is 4.16. The van der Waals surface area contributed by atoms with Crippen LogP contribution in [0.2, 0.25) is 0 Å². The van der Waals surface area contributed by atoms with Crippen LogP contribution in [0.5, 0.6) is 5.75 Å². The molecule has 1 aromatic rings. The van der Waals surface area contributed by atoms with Crippen molar-refractivity contribution in [1.29, 1.82) is 0 Å². The van der Waals surface area contributed by atoms with Gasteiger partial charge in [0, 0.05) is 19.0 Å². The van der Waals surface area contributed by atoms with Crippen LogP contribution in [0.25, 0.3) is 0 Å². The third-order valence-electron chi connectivity index (χ3n) is 5.67. The lowest BCUT2D eigenvalue weighted by molar-refractivity contribution is -0.139. The van der Waals surface area contributed by atoms with Gasteiger partial charge >= 0.3 is 5.97 Å². The molecule has 1 atom stereocenters. The van der Waals surface area contributed by atoms with Crippen molar-refractivity contribution in [2.75, 3.05) is 19.8 Å². The number of nitrogens with zero attached hydrogens (tertiary/aromatic N) is 2. The number of hydrogen-bond acceptors (Lipinski definition) is 6. The zero-order chi connectivity index (χ0) is 22.8. The molecule has 7 nitrogen and oxygen atoms in total. The van der Waals surface area contributed by atoms with Gasteiger partial charge in [0.05, 0.1) is 17.9 Å². The molecule has 1 aromatic carbocycles. The van der Waals surface area contributed by atoms with Gasteiger partial charge in [0.25, 0.3) is 5.91 Å². The molecule has 0 bridgehead atoms. The van der Waals surface area contributed by atoms with Crippen molar-refractivity contribution in [1.82, 2.24) is 4.90 Å². The van der Waals surface area contributed by atoms with Crippen molar-refractivity contribution in [3.05, 3.63) is 53.6 Å². The number of carbonyl (C=O) groups is 2. The fourth-order valence-electron chi connectivity index (χ4n) is 3.91. The number of fused-ring (bicyclic) bond motifs is 1. The largest absolute Gasteiger partial charge is 0.508 e. The van der Waals surface area contributed by atoms with E-state index in [9.17, 15) is 14.7 Å². The number of carbonyl (C=O) groups excluding carboxylic acids is 2. The standard InChI is InChI=1S/C25H32N2O5/c1-19-10-7-8-14-27(19)24(29)18-32-26-21-11-6-4-2-3-5-9-15-31-25(30)23-13-12-22(28)17-20(23)16-21/h3,5-6,11-13,17,19,28H,2,4,7-10,14-16,18H2,1H3/b5-3+,11-6+,26-21+. The van der Waals surface area contributed by atoms with Crippen molar-refractivity contribution < 1.29 is 24.3 Å². The maximum Gasteiger partial charge on any atom is 0.338 e. The van der Waals surface area contributed by atoms with E-state index in [-0.39, 0.29) is 30.7 Å². The van der Waals surface area contributed by atoms with Gasteiger partial charge in [-0.15, -0.1) is 0 Å². The Balaban J connectivity index is 1.76. The van der Waals surface area contributed by atoms with Crippen molar-refractivity contribution in [2.24, 2.45) is 5.16 Å². The Morgan fingerprint density at radius 3 is 2.88 bits per heavy atom. The highest BCUT2D eigenvalue weighted by Crippen LogP contribution is 2.20. The highest BCUT2D eigenvalue weighted by Gasteiger charge is 2.23. The molecule has 1 amide bonds. The van der Waals surface area contributed by atoms with Crippen molar-refractivity contribution in [2.45, 2.75) is 57.9 Å². The summed E-state index contributed by atoms with van der Waals surface area (Å²) in [6.45, 7) is 2.98. The van der Waals surface area contributed by atoms with E-state index in [4.69, 9.17) is 9.57 Å². The van der Waals surface area contributed by atoms with Crippen LogP contribution >= 0.6 is 0 Å². The second-order valence-electron chi connectivity index (χ2n) is 8.18. The van der Waals surface area contributed by atoms with Gasteiger partial charge in [-0.2, -0.15) is 0 Å². The van der Waals surface area contributed by atoms with E-state index in [1.807, 2.05) is 23.1 Å². The van der Waals surface area contributed by atoms with E-state index < -0.39 is 5.97 Å². The minimum absolute atomic E-state index is 0.0547. The molecule has 7 heteroatoms. The van der Waals surface area contributed by atoms with Crippen LogP contribution in [0.15, 0.2) is 47.7 Å². The Bertz CT molecular complexity index is 890. The van der Waals surface area contributed by atoms with Crippen LogP contribution in [-0.4, -0.2) is 53.4 Å². The van der Waals surface area contributed by atoms with E-state index in [1.54, 1.807) is 6.07 Å². The molecule has 2 aliphatic heterocycles. The SMILES string of the molecule is CC1CCCCN1C(=O)CO/N=C1\C=C\CC/C=C/CCOC(=O)c2ccc(O)cc2C1. The monoisotopic (exact) mass is 440 g/mol. The molecule has 0 radical (unpaired) electrons. The molecule has 1 N–H and O–H groups in total. The molecule has 172 valence electrons. The number of esters is 1. The fraction of sp³-hybridized carbons (Fsp3) is 0.480. The number of piperidine rings is 1. The summed E-state index contributed by atoms with van der Waals surface area (Å²) in [5.41, 5.74) is 1.53. The number of oxime groups is 1. The molecule has 1 unspecified atom stereocenters. The first-order valence-electron chi connectivity index (χ1n) is 11.3. The minimum atomic E-state index is -0.441. The lowest BCUT2D eigenvalue weighted by atomic mass is 10.0. The van der Waals surface area contributed by atoms with Gasteiger partial charge < -0.3 is 19.6 Å². The van der Waals surface area contributed by atoms with Gasteiger partial charge in [-0.05, 0) is 75.3 Å². The second-order valence-corrected chi connectivity index (χ2v) is 8.18. The third kappa shape index (κ3) is 6.97. The quantitative estimate of drug-likeness (QED) is 0.433. The lowest BCUT2D eigenvalue weighted by Gasteiger charge is -2.32. The summed E-state index contributed by atoms with van der Waals surface area (Å²) in [4.78, 5) is 32.3. The number of allylic oxidation sites excluding steroid dienone is 3. The molecule has 0 spiro atoms. The van der Waals surface area contributed by atoms with Crippen LogP contribution in [0.3, 0.4) is 0 Å². The number of phenolic OH excluding ortho intramolecular Hbond substituents is 1. The minimum Gasteiger partial charge on any atom is -0.508 e. The summed E-state index contributed by atoms with van der Waals surface area (Å²) in [7, 11) is 0. The molecule has 1 saturated heterocycles. The molecular weight excluding hydrogens is 408 g/mol. The highest BCUT2D eigenvalue weighted by molar-refractivity contribution is 5.99. The molecule has 2 aliphatic rings. The van der Waals surface area contributed by atoms with Crippen LogP contribution in [0.1, 0.15) is 61.4 Å². The first-order valence-corrected chi connectivity index (χ1v) is 11.3. The summed E-state index contributed by atoms with van der Waals surface area (Å²) >= 11 is 0. The molecule has 0 saturated carbocycles. The molecule has 1 fully saturated rings. The first-order chi connectivity index (χ1) is 15.5. The maximum absolute atomic E-state index is 12.5. The Kier molecular flexibility index (Phi) is 8.90. The van der Waals surface area contributed by atoms with Gasteiger partial charge in [-0.25, -0.2) is 4.79 Å². The highest BCUT2D eigenvalue weighted by atomic mass is 16.6. The lowest BCUT2D eigenvalue weighted by Crippen LogP contribution is -2.43. The third-order valence-corrected chi connectivity index (χ3v) is 5.67. The predicted molar refractivity (Wildman–Crippen MR) is 123 cm³/mol. The number of likely N-dealkylation sites (tertiary alicyclic amines) is 1. The zero-order valence-corrected chi connectivity index (χ0v) is 18.7. The first kappa shape index (κ1) is 23.6. The molecular formula is C25H32N2O5. The summed E-state index contributed by atoms with van der Waals surface area (Å²) in [6.07, 6.45) is 13.7. The zero-order valence-electron chi connectivity index (χ0n) is 18.7. The number of cyclic esters (lactones) is 1. The number of rotatable bonds is 3. The van der Waals surface area contributed by atoms with E-state index in [1.165, 1.54) is 12.1 Å². The number of ether oxygens (including phenoxy) is 1. The average Bonchev–Trinajstić information content (AvgIpc) is 2.77. The van der Waals surface area contributed by atoms with Crippen molar-refractivity contribution >= 4 is 17.6 Å². The maximum atomic E-state index is 12.5. The van der Waals surface area contributed by atoms with Gasteiger partial charge in [0.2, 0.25) is 0 Å².